The molecular weight excluding hydrogens is 166 g/mol. The van der Waals surface area contributed by atoms with E-state index in [1.165, 1.54) is 6.92 Å². The van der Waals surface area contributed by atoms with Crippen molar-refractivity contribution in [2.24, 2.45) is 16.8 Å². The van der Waals surface area contributed by atoms with Gasteiger partial charge in [-0.15, -0.1) is 0 Å². The highest BCUT2D eigenvalue weighted by molar-refractivity contribution is 7.89. The molecule has 0 aliphatic heterocycles. The van der Waals surface area contributed by atoms with Crippen molar-refractivity contribution in [2.75, 3.05) is 0 Å². The Balaban J connectivity index is 4.51. The largest absolute Gasteiger partial charge is 0.387 e. The van der Waals surface area contributed by atoms with Crippen molar-refractivity contribution < 1.29 is 8.42 Å². The highest BCUT2D eigenvalue weighted by atomic mass is 32.2. The molecule has 66 valence electrons. The highest BCUT2D eigenvalue weighted by Crippen LogP contribution is 2.08. The number of nitrogens with two attached hydrogens (primary N) is 2. The summed E-state index contributed by atoms with van der Waals surface area (Å²) in [4.78, 5) is 0. The number of hydrogen-bond acceptors (Lipinski definition) is 3. The normalized spacial score (nSPS) is 17.4. The van der Waals surface area contributed by atoms with Gasteiger partial charge < -0.3 is 5.73 Å². The van der Waals surface area contributed by atoms with Crippen LogP contribution >= 0.6 is 0 Å². The van der Waals surface area contributed by atoms with Crippen LogP contribution in [0.15, 0.2) is 0 Å². The summed E-state index contributed by atoms with van der Waals surface area (Å²) in [5, 5.41) is 11.0. The van der Waals surface area contributed by atoms with E-state index in [0.717, 1.165) is 0 Å². The first kappa shape index (κ1) is 10.4. The van der Waals surface area contributed by atoms with Crippen molar-refractivity contribution in [1.29, 1.82) is 5.41 Å². The van der Waals surface area contributed by atoms with Crippen LogP contribution in [-0.4, -0.2) is 19.5 Å². The standard InChI is InChI=1S/C5H13N3O2S/c1-3(5(6)7)4(2)11(8,9)10/h3-4H,1-2H3,(H3,6,7)(H2,8,9,10)/t3-,4-/m0/s1. The Morgan fingerprint density at radius 1 is 1.45 bits per heavy atom. The van der Waals surface area contributed by atoms with Crippen LogP contribution in [0.4, 0.5) is 0 Å². The molecule has 0 bridgehead atoms. The van der Waals surface area contributed by atoms with Crippen molar-refractivity contribution >= 4 is 15.9 Å². The van der Waals surface area contributed by atoms with E-state index in [4.69, 9.17) is 16.3 Å². The Kier molecular flexibility index (Phi) is 3.01. The molecule has 0 spiro atoms. The molecule has 0 saturated heterocycles. The second-order valence-corrected chi connectivity index (χ2v) is 4.46. The van der Waals surface area contributed by atoms with Gasteiger partial charge in [-0.1, -0.05) is 6.92 Å². The maximum absolute atomic E-state index is 10.7. The zero-order valence-corrected chi connectivity index (χ0v) is 7.35. The highest BCUT2D eigenvalue weighted by Gasteiger charge is 2.24. The van der Waals surface area contributed by atoms with Crippen LogP contribution in [-0.2, 0) is 10.0 Å². The molecule has 5 N–H and O–H groups in total. The van der Waals surface area contributed by atoms with Gasteiger partial charge in [0.1, 0.15) is 0 Å². The molecule has 0 heterocycles. The van der Waals surface area contributed by atoms with Gasteiger partial charge in [0.25, 0.3) is 0 Å². The van der Waals surface area contributed by atoms with E-state index in [1.54, 1.807) is 6.92 Å². The number of nitrogens with one attached hydrogen (secondary N) is 1. The Labute approximate surface area is 66.3 Å². The molecule has 0 aromatic heterocycles. The lowest BCUT2D eigenvalue weighted by Gasteiger charge is -2.15. The molecule has 0 aliphatic rings. The van der Waals surface area contributed by atoms with Crippen molar-refractivity contribution in [3.63, 3.8) is 0 Å². The monoisotopic (exact) mass is 179 g/mol. The topological polar surface area (TPSA) is 110 Å². The molecule has 0 unspecified atom stereocenters. The Hall–Kier alpha value is -0.620. The molecule has 6 heteroatoms. The van der Waals surface area contributed by atoms with Crippen LogP contribution in [0.25, 0.3) is 0 Å². The fourth-order valence-electron chi connectivity index (χ4n) is 0.537. The molecule has 11 heavy (non-hydrogen) atoms. The Bertz CT molecular complexity index is 246. The average molecular weight is 179 g/mol. The van der Waals surface area contributed by atoms with E-state index in [1.807, 2.05) is 0 Å². The zero-order valence-electron chi connectivity index (χ0n) is 6.53. The molecule has 0 fully saturated rings. The molecular formula is C5H13N3O2S. The summed E-state index contributed by atoms with van der Waals surface area (Å²) in [7, 11) is -3.57. The van der Waals surface area contributed by atoms with Crippen LogP contribution in [0.1, 0.15) is 13.8 Å². The zero-order chi connectivity index (χ0) is 9.23. The summed E-state index contributed by atoms with van der Waals surface area (Å²) in [6.07, 6.45) is 0. The molecule has 5 nitrogen and oxygen atoms in total. The van der Waals surface area contributed by atoms with Gasteiger partial charge in [-0.05, 0) is 6.92 Å². The minimum Gasteiger partial charge on any atom is -0.387 e. The predicted octanol–water partition coefficient (Wildman–Crippen LogP) is -0.765. The van der Waals surface area contributed by atoms with Crippen LogP contribution in [0, 0.1) is 11.3 Å². The summed E-state index contributed by atoms with van der Waals surface area (Å²) in [5.74, 6) is -0.684. The maximum Gasteiger partial charge on any atom is 0.212 e. The first-order valence-electron chi connectivity index (χ1n) is 3.12. The maximum atomic E-state index is 10.7. The average Bonchev–Trinajstić information content (AvgIpc) is 1.82. The van der Waals surface area contributed by atoms with Crippen LogP contribution in [0.3, 0.4) is 0 Å². The molecule has 0 radical (unpaired) electrons. The van der Waals surface area contributed by atoms with Gasteiger partial charge in [0, 0.05) is 5.92 Å². The van der Waals surface area contributed by atoms with Crippen molar-refractivity contribution in [3.8, 4) is 0 Å². The lowest BCUT2D eigenvalue weighted by Crippen LogP contribution is -2.37. The van der Waals surface area contributed by atoms with Gasteiger partial charge in [0.15, 0.2) is 0 Å². The van der Waals surface area contributed by atoms with Gasteiger partial charge in [0.05, 0.1) is 11.1 Å². The molecule has 0 aromatic rings. The third kappa shape index (κ3) is 2.85. The second-order valence-electron chi connectivity index (χ2n) is 2.54. The first-order chi connectivity index (χ1) is 4.76. The van der Waals surface area contributed by atoms with E-state index in [0.29, 0.717) is 0 Å². The number of amidine groups is 1. The lowest BCUT2D eigenvalue weighted by atomic mass is 10.1. The van der Waals surface area contributed by atoms with Crippen molar-refractivity contribution in [2.45, 2.75) is 19.1 Å². The third-order valence-corrected chi connectivity index (χ3v) is 3.16. The Morgan fingerprint density at radius 2 is 1.82 bits per heavy atom. The van der Waals surface area contributed by atoms with E-state index in [2.05, 4.69) is 0 Å². The minimum absolute atomic E-state index is 0.161. The van der Waals surface area contributed by atoms with Gasteiger partial charge in [-0.2, -0.15) is 0 Å². The summed E-state index contributed by atoms with van der Waals surface area (Å²) < 4.78 is 21.4. The van der Waals surface area contributed by atoms with E-state index < -0.39 is 21.2 Å². The van der Waals surface area contributed by atoms with Crippen molar-refractivity contribution in [3.05, 3.63) is 0 Å². The molecule has 0 aromatic carbocycles. The number of rotatable bonds is 3. The van der Waals surface area contributed by atoms with Crippen LogP contribution < -0.4 is 10.9 Å². The molecule has 2 atom stereocenters. The summed E-state index contributed by atoms with van der Waals surface area (Å²) in [6.45, 7) is 2.98. The lowest BCUT2D eigenvalue weighted by molar-refractivity contribution is 0.569. The van der Waals surface area contributed by atoms with Crippen molar-refractivity contribution in [1.82, 2.24) is 0 Å². The quantitative estimate of drug-likeness (QED) is 0.391. The smallest absolute Gasteiger partial charge is 0.212 e. The summed E-state index contributed by atoms with van der Waals surface area (Å²) in [5.41, 5.74) is 5.10. The van der Waals surface area contributed by atoms with Gasteiger partial charge in [-0.25, -0.2) is 13.6 Å². The molecule has 0 amide bonds. The molecule has 0 saturated carbocycles. The van der Waals surface area contributed by atoms with Gasteiger partial charge in [-0.3, -0.25) is 5.41 Å². The number of hydrogen-bond donors (Lipinski definition) is 3. The Morgan fingerprint density at radius 3 is 1.91 bits per heavy atom. The van der Waals surface area contributed by atoms with Gasteiger partial charge >= 0.3 is 0 Å². The van der Waals surface area contributed by atoms with Crippen LogP contribution in [0.5, 0.6) is 0 Å². The summed E-state index contributed by atoms with van der Waals surface area (Å²) >= 11 is 0. The summed E-state index contributed by atoms with van der Waals surface area (Å²) in [6, 6.07) is 0. The number of sulfonamides is 1. The van der Waals surface area contributed by atoms with E-state index >= 15 is 0 Å². The minimum atomic E-state index is -3.57. The fraction of sp³-hybridized carbons (Fsp3) is 0.800. The second kappa shape index (κ2) is 3.19. The SMILES string of the molecule is C[C@H](C(=N)N)[C@H](C)S(N)(=O)=O. The number of primary sulfonamides is 1. The van der Waals surface area contributed by atoms with E-state index in [9.17, 15) is 8.42 Å². The molecule has 0 aliphatic carbocycles. The van der Waals surface area contributed by atoms with E-state index in [-0.39, 0.29) is 5.84 Å². The van der Waals surface area contributed by atoms with Gasteiger partial charge in [0.2, 0.25) is 10.0 Å². The van der Waals surface area contributed by atoms with Crippen LogP contribution in [0.2, 0.25) is 0 Å². The first-order valence-corrected chi connectivity index (χ1v) is 4.73. The fourth-order valence-corrected chi connectivity index (χ4v) is 1.25. The third-order valence-electron chi connectivity index (χ3n) is 1.71. The molecule has 0 rings (SSSR count). The predicted molar refractivity (Wildman–Crippen MR) is 43.6 cm³/mol.